The minimum atomic E-state index is -3.88. The molecule has 0 aromatic heterocycles. The average molecular weight is 186 g/mol. The molecule has 0 spiro atoms. The standard InChI is InChI=1S/C4H10O4S2/c1-3-9(5,6)10(7,8)4-2/h3-4H2,1-2H3. The molecule has 4 nitrogen and oxygen atoms in total. The lowest BCUT2D eigenvalue weighted by atomic mass is 11.0. The Hall–Kier alpha value is -0.100. The molecule has 0 fully saturated rings. The van der Waals surface area contributed by atoms with Crippen LogP contribution in [-0.2, 0) is 17.7 Å². The molecule has 0 atom stereocenters. The lowest BCUT2D eigenvalue weighted by molar-refractivity contribution is 0.584. The van der Waals surface area contributed by atoms with Crippen LogP contribution in [0.2, 0.25) is 0 Å². The summed E-state index contributed by atoms with van der Waals surface area (Å²) < 4.78 is 42.7. The molecular weight excluding hydrogens is 176 g/mol. The van der Waals surface area contributed by atoms with Gasteiger partial charge in [-0.05, 0) is 0 Å². The third kappa shape index (κ3) is 1.69. The van der Waals surface area contributed by atoms with E-state index in [1.807, 2.05) is 0 Å². The molecule has 6 heteroatoms. The summed E-state index contributed by atoms with van der Waals surface area (Å²) >= 11 is 0. The molecule has 0 amide bonds. The first kappa shape index (κ1) is 9.90. The van der Waals surface area contributed by atoms with Crippen LogP contribution in [0.1, 0.15) is 13.8 Å². The summed E-state index contributed by atoms with van der Waals surface area (Å²) in [6.07, 6.45) is 0. The van der Waals surface area contributed by atoms with E-state index in [4.69, 9.17) is 0 Å². The Morgan fingerprint density at radius 2 is 1.00 bits per heavy atom. The van der Waals surface area contributed by atoms with Gasteiger partial charge in [-0.25, -0.2) is 16.8 Å². The van der Waals surface area contributed by atoms with Crippen molar-refractivity contribution in [3.8, 4) is 0 Å². The van der Waals surface area contributed by atoms with Crippen molar-refractivity contribution in [3.63, 3.8) is 0 Å². The van der Waals surface area contributed by atoms with Gasteiger partial charge in [0, 0.05) is 0 Å². The van der Waals surface area contributed by atoms with Crippen molar-refractivity contribution in [2.24, 2.45) is 0 Å². The maximum Gasteiger partial charge on any atom is 0.253 e. The highest BCUT2D eigenvalue weighted by molar-refractivity contribution is 8.67. The Morgan fingerprint density at radius 1 is 0.800 bits per heavy atom. The van der Waals surface area contributed by atoms with E-state index < -0.39 is 17.7 Å². The second-order valence-electron chi connectivity index (χ2n) is 1.69. The van der Waals surface area contributed by atoms with Crippen molar-refractivity contribution < 1.29 is 16.8 Å². The largest absolute Gasteiger partial charge is 0.253 e. The third-order valence-electron chi connectivity index (χ3n) is 1.09. The molecular formula is C4H10O4S2. The molecule has 0 bridgehead atoms. The van der Waals surface area contributed by atoms with Crippen LogP contribution in [0, 0.1) is 0 Å². The second kappa shape index (κ2) is 2.87. The zero-order valence-electron chi connectivity index (χ0n) is 5.86. The van der Waals surface area contributed by atoms with E-state index in [0.29, 0.717) is 0 Å². The van der Waals surface area contributed by atoms with Crippen molar-refractivity contribution >= 4 is 17.7 Å². The van der Waals surface area contributed by atoms with Gasteiger partial charge < -0.3 is 0 Å². The quantitative estimate of drug-likeness (QED) is 0.571. The van der Waals surface area contributed by atoms with Crippen LogP contribution in [0.15, 0.2) is 0 Å². The van der Waals surface area contributed by atoms with Crippen molar-refractivity contribution in [1.29, 1.82) is 0 Å². The zero-order valence-corrected chi connectivity index (χ0v) is 7.50. The molecule has 0 aliphatic rings. The highest BCUT2D eigenvalue weighted by atomic mass is 33.2. The van der Waals surface area contributed by atoms with Gasteiger partial charge in [0.2, 0.25) is 0 Å². The molecule has 0 heterocycles. The van der Waals surface area contributed by atoms with Crippen molar-refractivity contribution in [3.05, 3.63) is 0 Å². The SMILES string of the molecule is CCS(=O)(=O)S(=O)(=O)CC. The van der Waals surface area contributed by atoms with E-state index in [0.717, 1.165) is 0 Å². The van der Waals surface area contributed by atoms with Crippen molar-refractivity contribution in [1.82, 2.24) is 0 Å². The van der Waals surface area contributed by atoms with Crippen LogP contribution >= 0.6 is 0 Å². The van der Waals surface area contributed by atoms with Crippen LogP contribution in [0.4, 0.5) is 0 Å². The van der Waals surface area contributed by atoms with E-state index in [-0.39, 0.29) is 11.5 Å². The summed E-state index contributed by atoms with van der Waals surface area (Å²) in [6.45, 7) is 2.62. The third-order valence-corrected chi connectivity index (χ3v) is 7.02. The smallest absolute Gasteiger partial charge is 0.213 e. The first-order chi connectivity index (χ1) is 4.37. The van der Waals surface area contributed by atoms with Gasteiger partial charge in [0.1, 0.15) is 0 Å². The van der Waals surface area contributed by atoms with Gasteiger partial charge in [-0.3, -0.25) is 0 Å². The topological polar surface area (TPSA) is 68.3 Å². The summed E-state index contributed by atoms with van der Waals surface area (Å²) in [6, 6.07) is 0. The molecule has 0 rings (SSSR count). The monoisotopic (exact) mass is 186 g/mol. The lowest BCUT2D eigenvalue weighted by Crippen LogP contribution is -2.18. The van der Waals surface area contributed by atoms with Gasteiger partial charge in [-0.1, -0.05) is 13.8 Å². The summed E-state index contributed by atoms with van der Waals surface area (Å²) in [5.74, 6) is -0.688. The first-order valence-electron chi connectivity index (χ1n) is 2.82. The van der Waals surface area contributed by atoms with Gasteiger partial charge in [0.15, 0.2) is 0 Å². The van der Waals surface area contributed by atoms with Crippen LogP contribution < -0.4 is 0 Å². The fourth-order valence-electron chi connectivity index (χ4n) is 0.359. The van der Waals surface area contributed by atoms with E-state index in [2.05, 4.69) is 0 Å². The Bertz CT molecular complexity index is 251. The molecule has 0 N–H and O–H groups in total. The molecule has 0 aromatic carbocycles. The van der Waals surface area contributed by atoms with Crippen LogP contribution in [0.3, 0.4) is 0 Å². The van der Waals surface area contributed by atoms with Crippen LogP contribution in [0.5, 0.6) is 0 Å². The van der Waals surface area contributed by atoms with E-state index in [9.17, 15) is 16.8 Å². The highest BCUT2D eigenvalue weighted by Crippen LogP contribution is 2.02. The first-order valence-corrected chi connectivity index (χ1v) is 6.65. The van der Waals surface area contributed by atoms with Gasteiger partial charge in [-0.15, -0.1) is 0 Å². The molecule has 0 aliphatic carbocycles. The molecule has 0 saturated carbocycles. The molecule has 0 saturated heterocycles. The minimum absolute atomic E-state index is 0.344. The number of hydrogen-bond donors (Lipinski definition) is 0. The minimum Gasteiger partial charge on any atom is -0.213 e. The Balaban J connectivity index is 5.05. The van der Waals surface area contributed by atoms with E-state index >= 15 is 0 Å². The van der Waals surface area contributed by atoms with Crippen LogP contribution in [-0.4, -0.2) is 28.3 Å². The van der Waals surface area contributed by atoms with Gasteiger partial charge in [-0.2, -0.15) is 0 Å². The van der Waals surface area contributed by atoms with Gasteiger partial charge in [0.25, 0.3) is 17.7 Å². The lowest BCUT2D eigenvalue weighted by Gasteiger charge is -1.97. The normalized spacial score (nSPS) is 13.4. The molecule has 0 aliphatic heterocycles. The van der Waals surface area contributed by atoms with Gasteiger partial charge in [0.05, 0.1) is 11.5 Å². The molecule has 0 radical (unpaired) electrons. The fraction of sp³-hybridized carbons (Fsp3) is 1.00. The summed E-state index contributed by atoms with van der Waals surface area (Å²) in [5, 5.41) is 0. The Kier molecular flexibility index (Phi) is 2.85. The number of rotatable bonds is 3. The zero-order chi connectivity index (χ0) is 8.41. The van der Waals surface area contributed by atoms with Crippen molar-refractivity contribution in [2.75, 3.05) is 11.5 Å². The fourth-order valence-corrected chi connectivity index (χ4v) is 3.23. The second-order valence-corrected chi connectivity index (χ2v) is 8.13. The Labute approximate surface area is 60.5 Å². The summed E-state index contributed by atoms with van der Waals surface area (Å²) in [4.78, 5) is 0. The van der Waals surface area contributed by atoms with Crippen molar-refractivity contribution in [2.45, 2.75) is 13.8 Å². The Morgan fingerprint density at radius 3 is 1.10 bits per heavy atom. The van der Waals surface area contributed by atoms with Crippen LogP contribution in [0.25, 0.3) is 0 Å². The molecule has 62 valence electrons. The molecule has 10 heavy (non-hydrogen) atoms. The molecule has 0 unspecified atom stereocenters. The average Bonchev–Trinajstić information content (AvgIpc) is 1.88. The maximum atomic E-state index is 10.7. The predicted molar refractivity (Wildman–Crippen MR) is 38.9 cm³/mol. The predicted octanol–water partition coefficient (Wildman–Crippen LogP) is -0.229. The highest BCUT2D eigenvalue weighted by Gasteiger charge is 2.24. The summed E-state index contributed by atoms with van der Waals surface area (Å²) in [7, 11) is -7.75. The molecule has 0 aromatic rings. The maximum absolute atomic E-state index is 10.7. The van der Waals surface area contributed by atoms with E-state index in [1.54, 1.807) is 0 Å². The van der Waals surface area contributed by atoms with E-state index in [1.165, 1.54) is 13.8 Å². The number of hydrogen-bond acceptors (Lipinski definition) is 4. The summed E-state index contributed by atoms with van der Waals surface area (Å²) in [5.41, 5.74) is 0. The van der Waals surface area contributed by atoms with Gasteiger partial charge >= 0.3 is 0 Å².